The number of carbonyl (C=O) groups excluding carboxylic acids is 3. The number of ether oxygens (including phenoxy) is 4. The normalized spacial score (nSPS) is 17.8. The minimum Gasteiger partial charge on any atom is -0.458 e. The highest BCUT2D eigenvalue weighted by atomic mass is 16.6. The maximum atomic E-state index is 13.2. The lowest BCUT2D eigenvalue weighted by Gasteiger charge is -2.30. The van der Waals surface area contributed by atoms with E-state index in [1.54, 1.807) is 0 Å². The van der Waals surface area contributed by atoms with Crippen molar-refractivity contribution < 1.29 is 33.3 Å². The average Bonchev–Trinajstić information content (AvgIpc) is 3.50. The van der Waals surface area contributed by atoms with Crippen molar-refractivity contribution in [1.82, 2.24) is 4.90 Å². The van der Waals surface area contributed by atoms with Crippen LogP contribution in [0.3, 0.4) is 0 Å². The molecule has 52 heavy (non-hydrogen) atoms. The van der Waals surface area contributed by atoms with Crippen LogP contribution in [0.25, 0.3) is 0 Å². The van der Waals surface area contributed by atoms with E-state index in [-0.39, 0.29) is 24.5 Å². The van der Waals surface area contributed by atoms with Gasteiger partial charge in [0, 0.05) is 25.8 Å². The Bertz CT molecular complexity index is 866. The second-order valence-electron chi connectivity index (χ2n) is 15.8. The summed E-state index contributed by atoms with van der Waals surface area (Å²) in [6, 6.07) is 0. The van der Waals surface area contributed by atoms with Gasteiger partial charge < -0.3 is 23.8 Å². The predicted molar refractivity (Wildman–Crippen MR) is 213 cm³/mol. The lowest BCUT2D eigenvalue weighted by Crippen LogP contribution is -2.48. The van der Waals surface area contributed by atoms with Crippen LogP contribution < -0.4 is 0 Å². The van der Waals surface area contributed by atoms with E-state index in [4.69, 9.17) is 18.9 Å². The Kier molecular flexibility index (Phi) is 31.5. The zero-order valence-electron chi connectivity index (χ0n) is 34.7. The monoisotopic (exact) mass is 738 g/mol. The Morgan fingerprint density at radius 2 is 0.865 bits per heavy atom. The van der Waals surface area contributed by atoms with Gasteiger partial charge in [-0.05, 0) is 33.4 Å². The fourth-order valence-corrected chi connectivity index (χ4v) is 7.14. The highest BCUT2D eigenvalue weighted by molar-refractivity contribution is 5.71. The smallest absolute Gasteiger partial charge is 0.306 e. The van der Waals surface area contributed by atoms with Crippen LogP contribution in [0.5, 0.6) is 0 Å². The lowest BCUT2D eigenvalue weighted by molar-refractivity contribution is -0.174. The molecule has 306 valence electrons. The maximum absolute atomic E-state index is 13.2. The van der Waals surface area contributed by atoms with Crippen LogP contribution in [0.4, 0.5) is 0 Å². The van der Waals surface area contributed by atoms with Crippen molar-refractivity contribution in [3.8, 4) is 0 Å². The molecule has 1 rings (SSSR count). The van der Waals surface area contributed by atoms with Gasteiger partial charge in [-0.25, -0.2) is 0 Å². The highest BCUT2D eigenvalue weighted by Gasteiger charge is 2.48. The number of rotatable bonds is 36. The first-order valence-corrected chi connectivity index (χ1v) is 22.2. The molecule has 1 saturated heterocycles. The van der Waals surface area contributed by atoms with Crippen molar-refractivity contribution in [2.75, 3.05) is 27.2 Å². The molecule has 0 saturated carbocycles. The molecule has 1 heterocycles. The van der Waals surface area contributed by atoms with Gasteiger partial charge in [-0.2, -0.15) is 0 Å². The van der Waals surface area contributed by atoms with Gasteiger partial charge in [0.1, 0.15) is 12.2 Å². The molecule has 8 nitrogen and oxygen atoms in total. The second kappa shape index (κ2) is 33.9. The minimum atomic E-state index is -0.816. The summed E-state index contributed by atoms with van der Waals surface area (Å²) in [4.78, 5) is 41.1. The third kappa shape index (κ3) is 26.2. The van der Waals surface area contributed by atoms with E-state index in [1.165, 1.54) is 116 Å². The molecule has 0 amide bonds. The fourth-order valence-electron chi connectivity index (χ4n) is 7.14. The Labute approximate surface area is 320 Å². The molecule has 8 heteroatoms. The topological polar surface area (TPSA) is 91.4 Å². The number of likely N-dealkylation sites (N-methyl/N-ethyl adjacent to an activating group) is 1. The van der Waals surface area contributed by atoms with Gasteiger partial charge in [-0.15, -0.1) is 0 Å². The standard InChI is InChI=1S/C44H83NO7/c1-6-9-12-15-18-21-24-27-30-33-40(46)50-38(36-45(4)5)43-44(52-42(48)35-32-29-26-23-20-17-14-11-8-3)39(37-49-43)51-41(47)34-31-28-25-22-19-16-13-10-7-2/h38-39,43-44H,6-37H2,1-5H3/t38-,39+,43-,44-/m1/s1. The molecule has 0 spiro atoms. The zero-order valence-corrected chi connectivity index (χ0v) is 34.7. The van der Waals surface area contributed by atoms with Crippen molar-refractivity contribution in [2.24, 2.45) is 0 Å². The molecule has 0 radical (unpaired) electrons. The molecule has 1 aliphatic rings. The Morgan fingerprint density at radius 1 is 0.519 bits per heavy atom. The van der Waals surface area contributed by atoms with Crippen LogP contribution in [-0.4, -0.2) is 74.5 Å². The number of nitrogens with zero attached hydrogens (tertiary/aromatic N) is 1. The number of carbonyl (C=O) groups is 3. The first-order chi connectivity index (χ1) is 25.3. The molecule has 0 aromatic heterocycles. The zero-order chi connectivity index (χ0) is 38.1. The predicted octanol–water partition coefficient (Wildman–Crippen LogP) is 11.4. The summed E-state index contributed by atoms with van der Waals surface area (Å²) >= 11 is 0. The molecular formula is C44H83NO7. The Hall–Kier alpha value is -1.67. The largest absolute Gasteiger partial charge is 0.458 e. The first kappa shape index (κ1) is 48.3. The Morgan fingerprint density at radius 3 is 1.25 bits per heavy atom. The molecule has 1 aliphatic heterocycles. The van der Waals surface area contributed by atoms with Gasteiger partial charge in [-0.3, -0.25) is 14.4 Å². The number of hydrogen-bond acceptors (Lipinski definition) is 8. The van der Waals surface area contributed by atoms with E-state index in [2.05, 4.69) is 20.8 Å². The SMILES string of the molecule is CCCCCCCCCCCC(=O)O[C@H]1[C@@H]([C@@H](CN(C)C)OC(=O)CCCCCCCCCCC)OC[C@@H]1OC(=O)CCCCCCCCCCC. The van der Waals surface area contributed by atoms with Crippen LogP contribution in [0.1, 0.15) is 213 Å². The molecule has 0 unspecified atom stereocenters. The molecular weight excluding hydrogens is 654 g/mol. The van der Waals surface area contributed by atoms with Gasteiger partial charge in [-0.1, -0.05) is 175 Å². The molecule has 0 aliphatic carbocycles. The van der Waals surface area contributed by atoms with Crippen LogP contribution in [0.15, 0.2) is 0 Å². The van der Waals surface area contributed by atoms with Crippen molar-refractivity contribution in [3.05, 3.63) is 0 Å². The first-order valence-electron chi connectivity index (χ1n) is 22.2. The second-order valence-corrected chi connectivity index (χ2v) is 15.8. The summed E-state index contributed by atoms with van der Waals surface area (Å²) in [5.74, 6) is -0.860. The quantitative estimate of drug-likeness (QED) is 0.0356. The average molecular weight is 738 g/mol. The number of hydrogen-bond donors (Lipinski definition) is 0. The van der Waals surface area contributed by atoms with Crippen molar-refractivity contribution in [2.45, 2.75) is 238 Å². The van der Waals surface area contributed by atoms with Crippen LogP contribution in [0, 0.1) is 0 Å². The number of esters is 3. The van der Waals surface area contributed by atoms with Crippen molar-refractivity contribution in [1.29, 1.82) is 0 Å². The lowest BCUT2D eigenvalue weighted by atomic mass is 10.0. The van der Waals surface area contributed by atoms with Crippen molar-refractivity contribution in [3.63, 3.8) is 0 Å². The molecule has 0 aromatic carbocycles. The van der Waals surface area contributed by atoms with E-state index in [0.717, 1.165) is 57.8 Å². The minimum absolute atomic E-state index is 0.115. The van der Waals surface area contributed by atoms with Crippen LogP contribution in [-0.2, 0) is 33.3 Å². The molecule has 0 bridgehead atoms. The summed E-state index contributed by atoms with van der Waals surface area (Å²) in [6.07, 6.45) is 29.8. The van der Waals surface area contributed by atoms with Gasteiger partial charge in [0.25, 0.3) is 0 Å². The van der Waals surface area contributed by atoms with Crippen molar-refractivity contribution >= 4 is 17.9 Å². The third-order valence-electron chi connectivity index (χ3n) is 10.3. The maximum Gasteiger partial charge on any atom is 0.306 e. The molecule has 1 fully saturated rings. The van der Waals surface area contributed by atoms with E-state index in [0.29, 0.717) is 25.8 Å². The fraction of sp³-hybridized carbons (Fsp3) is 0.932. The summed E-state index contributed by atoms with van der Waals surface area (Å²) < 4.78 is 24.2. The number of unbranched alkanes of at least 4 members (excludes halogenated alkanes) is 24. The van der Waals surface area contributed by atoms with Gasteiger partial charge in [0.2, 0.25) is 0 Å². The molecule has 4 atom stereocenters. The van der Waals surface area contributed by atoms with E-state index >= 15 is 0 Å². The van der Waals surface area contributed by atoms with Gasteiger partial charge >= 0.3 is 17.9 Å². The van der Waals surface area contributed by atoms with Crippen LogP contribution in [0.2, 0.25) is 0 Å². The summed E-state index contributed by atoms with van der Waals surface area (Å²) in [7, 11) is 3.84. The molecule has 0 N–H and O–H groups in total. The van der Waals surface area contributed by atoms with Gasteiger partial charge in [0.15, 0.2) is 12.2 Å². The van der Waals surface area contributed by atoms with E-state index in [1.807, 2.05) is 19.0 Å². The Balaban J connectivity index is 2.71. The third-order valence-corrected chi connectivity index (χ3v) is 10.3. The van der Waals surface area contributed by atoms with Crippen LogP contribution >= 0.6 is 0 Å². The van der Waals surface area contributed by atoms with E-state index < -0.39 is 24.4 Å². The summed E-state index contributed by atoms with van der Waals surface area (Å²) in [6.45, 7) is 7.24. The highest BCUT2D eigenvalue weighted by Crippen LogP contribution is 2.27. The summed E-state index contributed by atoms with van der Waals surface area (Å²) in [5, 5.41) is 0. The summed E-state index contributed by atoms with van der Waals surface area (Å²) in [5.41, 5.74) is 0. The van der Waals surface area contributed by atoms with Gasteiger partial charge in [0.05, 0.1) is 6.61 Å². The van der Waals surface area contributed by atoms with E-state index in [9.17, 15) is 14.4 Å². The molecule has 0 aromatic rings.